The van der Waals surface area contributed by atoms with Gasteiger partial charge in [0.25, 0.3) is 0 Å². The minimum atomic E-state index is -0.288. The van der Waals surface area contributed by atoms with Crippen molar-refractivity contribution in [3.8, 4) is 0 Å². The molecule has 0 radical (unpaired) electrons. The second-order valence-corrected chi connectivity index (χ2v) is 10.4. The zero-order valence-electron chi connectivity index (χ0n) is 18.4. The highest BCUT2D eigenvalue weighted by molar-refractivity contribution is 6.43. The van der Waals surface area contributed by atoms with Crippen LogP contribution < -0.4 is 10.2 Å². The van der Waals surface area contributed by atoms with E-state index < -0.39 is 0 Å². The average Bonchev–Trinajstić information content (AvgIpc) is 2.69. The molecule has 2 aliphatic rings. The van der Waals surface area contributed by atoms with Crippen LogP contribution in [0.5, 0.6) is 0 Å². The lowest BCUT2D eigenvalue weighted by molar-refractivity contribution is 0.0573. The van der Waals surface area contributed by atoms with E-state index in [1.54, 1.807) is 0 Å². The normalized spacial score (nSPS) is 23.3. The van der Waals surface area contributed by atoms with Crippen LogP contribution in [0.1, 0.15) is 52.9 Å². The number of anilines is 1. The maximum absolute atomic E-state index is 11.9. The number of benzene rings is 1. The van der Waals surface area contributed by atoms with Gasteiger partial charge in [-0.2, -0.15) is 0 Å². The Labute approximate surface area is 191 Å². The van der Waals surface area contributed by atoms with Crippen molar-refractivity contribution in [1.82, 2.24) is 10.2 Å². The minimum absolute atomic E-state index is 0.0644. The molecule has 1 aromatic carbocycles. The number of rotatable bonds is 5. The smallest absolute Gasteiger partial charge is 0.407 e. The van der Waals surface area contributed by atoms with Crippen LogP contribution in [-0.4, -0.2) is 55.4 Å². The van der Waals surface area contributed by atoms with Crippen LogP contribution in [0.3, 0.4) is 0 Å². The molecule has 1 aromatic rings. The van der Waals surface area contributed by atoms with Crippen molar-refractivity contribution < 1.29 is 9.53 Å². The van der Waals surface area contributed by atoms with Gasteiger partial charge in [0.2, 0.25) is 0 Å². The van der Waals surface area contributed by atoms with Gasteiger partial charge in [0.15, 0.2) is 0 Å². The number of amides is 1. The van der Waals surface area contributed by atoms with Crippen molar-refractivity contribution in [3.63, 3.8) is 0 Å². The molecule has 3 rings (SSSR count). The van der Waals surface area contributed by atoms with E-state index in [4.69, 9.17) is 27.9 Å². The second-order valence-electron chi connectivity index (χ2n) is 9.61. The number of ether oxygens (including phenoxy) is 1. The quantitative estimate of drug-likeness (QED) is 0.628. The van der Waals surface area contributed by atoms with Crippen LogP contribution in [-0.2, 0) is 4.74 Å². The third-order valence-corrected chi connectivity index (χ3v) is 6.85. The van der Waals surface area contributed by atoms with Crippen LogP contribution in [0.2, 0.25) is 10.0 Å². The Morgan fingerprint density at radius 1 is 1.10 bits per heavy atom. The van der Waals surface area contributed by atoms with Gasteiger partial charge in [-0.15, -0.1) is 0 Å². The molecular weight excluding hydrogens is 421 g/mol. The maximum Gasteiger partial charge on any atom is 0.407 e. The number of piperazine rings is 1. The lowest BCUT2D eigenvalue weighted by atomic mass is 9.85. The summed E-state index contributed by atoms with van der Waals surface area (Å²) in [4.78, 5) is 16.8. The fourth-order valence-electron chi connectivity index (χ4n) is 4.34. The summed E-state index contributed by atoms with van der Waals surface area (Å²) >= 11 is 12.5. The molecule has 0 atom stereocenters. The fraction of sp³-hybridized carbons (Fsp3) is 0.696. The first-order valence-corrected chi connectivity index (χ1v) is 11.9. The lowest BCUT2D eigenvalue weighted by Crippen LogP contribution is -2.47. The Bertz CT molecular complexity index is 707. The van der Waals surface area contributed by atoms with E-state index in [-0.39, 0.29) is 17.7 Å². The van der Waals surface area contributed by atoms with E-state index in [9.17, 15) is 4.79 Å². The molecule has 0 aromatic heterocycles. The van der Waals surface area contributed by atoms with Crippen molar-refractivity contribution in [1.29, 1.82) is 0 Å². The van der Waals surface area contributed by atoms with Crippen molar-refractivity contribution in [2.24, 2.45) is 5.92 Å². The summed E-state index contributed by atoms with van der Waals surface area (Å²) in [5, 5.41) is 4.15. The number of carbonyl (C=O) groups excluding carboxylic acids is 1. The summed E-state index contributed by atoms with van der Waals surface area (Å²) in [6.45, 7) is 11.1. The van der Waals surface area contributed by atoms with Crippen LogP contribution in [0.4, 0.5) is 10.5 Å². The summed E-state index contributed by atoms with van der Waals surface area (Å²) in [5.74, 6) is 0.732. The van der Waals surface area contributed by atoms with Gasteiger partial charge < -0.3 is 15.0 Å². The predicted molar refractivity (Wildman–Crippen MR) is 125 cm³/mol. The zero-order chi connectivity index (χ0) is 21.7. The summed E-state index contributed by atoms with van der Waals surface area (Å²) in [5.41, 5.74) is 0.786. The number of alkyl carbamates (subject to hydrolysis) is 1. The topological polar surface area (TPSA) is 44.8 Å². The van der Waals surface area contributed by atoms with Crippen LogP contribution >= 0.6 is 23.2 Å². The van der Waals surface area contributed by atoms with Crippen LogP contribution in [0.25, 0.3) is 0 Å². The summed E-state index contributed by atoms with van der Waals surface area (Å²) < 4.78 is 5.60. The fourth-order valence-corrected chi connectivity index (χ4v) is 4.75. The molecule has 0 bridgehead atoms. The van der Waals surface area contributed by atoms with Gasteiger partial charge in [-0.25, -0.2) is 4.79 Å². The number of hydrogen-bond donors (Lipinski definition) is 1. The molecule has 30 heavy (non-hydrogen) atoms. The molecule has 1 N–H and O–H groups in total. The van der Waals surface area contributed by atoms with E-state index in [0.717, 1.165) is 70.0 Å². The molecule has 5 nitrogen and oxygen atoms in total. The number of nitrogens with one attached hydrogen (secondary N) is 1. The molecule has 1 saturated heterocycles. The van der Waals surface area contributed by atoms with E-state index in [0.29, 0.717) is 10.0 Å². The first-order chi connectivity index (χ1) is 14.2. The Balaban J connectivity index is 1.34. The lowest BCUT2D eigenvalue weighted by Gasteiger charge is -2.37. The molecule has 168 valence electrons. The SMILES string of the molecule is CC(C)(C)NC(=O)OC1CCC(CCN2CCN(c3cccc(Cl)c3Cl)CC2)CC1. The Kier molecular flexibility index (Phi) is 8.17. The second kappa shape index (κ2) is 10.4. The third-order valence-electron chi connectivity index (χ3n) is 6.04. The summed E-state index contributed by atoms with van der Waals surface area (Å²) in [6, 6.07) is 5.84. The molecule has 1 saturated carbocycles. The first-order valence-electron chi connectivity index (χ1n) is 11.1. The highest BCUT2D eigenvalue weighted by Crippen LogP contribution is 2.33. The Hall–Kier alpha value is -1.17. The Morgan fingerprint density at radius 2 is 1.77 bits per heavy atom. The summed E-state index contributed by atoms with van der Waals surface area (Å²) in [6.07, 6.45) is 5.24. The Morgan fingerprint density at radius 3 is 2.40 bits per heavy atom. The van der Waals surface area contributed by atoms with E-state index in [2.05, 4.69) is 15.1 Å². The third kappa shape index (κ3) is 6.93. The van der Waals surface area contributed by atoms with E-state index in [1.165, 1.54) is 6.42 Å². The molecule has 1 aliphatic heterocycles. The predicted octanol–water partition coefficient (Wildman–Crippen LogP) is 5.59. The average molecular weight is 456 g/mol. The van der Waals surface area contributed by atoms with Gasteiger partial charge in [-0.05, 0) is 77.5 Å². The van der Waals surface area contributed by atoms with Crippen molar-refractivity contribution in [3.05, 3.63) is 28.2 Å². The van der Waals surface area contributed by atoms with E-state index >= 15 is 0 Å². The molecule has 2 fully saturated rings. The van der Waals surface area contributed by atoms with Crippen LogP contribution in [0, 0.1) is 5.92 Å². The molecule has 1 heterocycles. The molecule has 1 amide bonds. The molecule has 1 aliphatic carbocycles. The van der Waals surface area contributed by atoms with Crippen LogP contribution in [0.15, 0.2) is 18.2 Å². The van der Waals surface area contributed by atoms with Crippen molar-refractivity contribution in [2.45, 2.75) is 64.5 Å². The monoisotopic (exact) mass is 455 g/mol. The van der Waals surface area contributed by atoms with Crippen molar-refractivity contribution in [2.75, 3.05) is 37.6 Å². The zero-order valence-corrected chi connectivity index (χ0v) is 19.9. The largest absolute Gasteiger partial charge is 0.446 e. The van der Waals surface area contributed by atoms with E-state index in [1.807, 2.05) is 39.0 Å². The highest BCUT2D eigenvalue weighted by atomic mass is 35.5. The van der Waals surface area contributed by atoms with Gasteiger partial charge in [0.1, 0.15) is 6.10 Å². The minimum Gasteiger partial charge on any atom is -0.446 e. The molecule has 0 spiro atoms. The van der Waals surface area contributed by atoms with Gasteiger partial charge in [-0.1, -0.05) is 29.3 Å². The molecular formula is C23H35Cl2N3O2. The number of halogens is 2. The number of carbonyl (C=O) groups is 1. The summed E-state index contributed by atoms with van der Waals surface area (Å²) in [7, 11) is 0. The highest BCUT2D eigenvalue weighted by Gasteiger charge is 2.26. The molecule has 7 heteroatoms. The maximum atomic E-state index is 11.9. The number of hydrogen-bond acceptors (Lipinski definition) is 4. The standard InChI is InChI=1S/C23H35Cl2N3O2/c1-23(2,3)26-22(29)30-18-9-7-17(8-10-18)11-12-27-13-15-28(16-14-27)20-6-4-5-19(24)21(20)25/h4-6,17-18H,7-16H2,1-3H3,(H,26,29). The van der Waals surface area contributed by atoms with Gasteiger partial charge in [0, 0.05) is 31.7 Å². The molecule has 0 unspecified atom stereocenters. The van der Waals surface area contributed by atoms with Gasteiger partial charge in [0.05, 0.1) is 15.7 Å². The van der Waals surface area contributed by atoms with Gasteiger partial charge >= 0.3 is 6.09 Å². The van der Waals surface area contributed by atoms with Gasteiger partial charge in [-0.3, -0.25) is 4.90 Å². The first kappa shape index (κ1) is 23.5. The number of nitrogens with zero attached hydrogens (tertiary/aromatic N) is 2. The van der Waals surface area contributed by atoms with Crippen molar-refractivity contribution >= 4 is 35.0 Å².